The van der Waals surface area contributed by atoms with E-state index < -0.39 is 0 Å². The predicted octanol–water partition coefficient (Wildman–Crippen LogP) is 3.39. The van der Waals surface area contributed by atoms with Crippen molar-refractivity contribution in [2.24, 2.45) is 5.92 Å². The number of carbonyl (C=O) groups is 1. The van der Waals surface area contributed by atoms with Crippen LogP contribution in [0.5, 0.6) is 0 Å². The lowest BCUT2D eigenvalue weighted by Crippen LogP contribution is -2.01. The van der Waals surface area contributed by atoms with Gasteiger partial charge in [0, 0.05) is 10.4 Å². The molecule has 0 saturated carbocycles. The van der Waals surface area contributed by atoms with Crippen molar-refractivity contribution in [3.8, 4) is 0 Å². The number of benzene rings is 1. The standard InChI is InChI=1S/C12H15BrO/c1-3-11-7-10(4-5-12(11)13)6-9(2)8-14/h4-5,7-9H,3,6H2,1-2H3. The highest BCUT2D eigenvalue weighted by atomic mass is 79.9. The second-order valence-corrected chi connectivity index (χ2v) is 4.45. The van der Waals surface area contributed by atoms with Crippen LogP contribution in [-0.2, 0) is 17.6 Å². The monoisotopic (exact) mass is 254 g/mol. The summed E-state index contributed by atoms with van der Waals surface area (Å²) < 4.78 is 1.16. The summed E-state index contributed by atoms with van der Waals surface area (Å²) in [5, 5.41) is 0. The van der Waals surface area contributed by atoms with Gasteiger partial charge in [0.1, 0.15) is 6.29 Å². The van der Waals surface area contributed by atoms with Crippen LogP contribution in [0.4, 0.5) is 0 Å². The summed E-state index contributed by atoms with van der Waals surface area (Å²) >= 11 is 3.50. The first-order valence-corrected chi connectivity index (χ1v) is 5.69. The van der Waals surface area contributed by atoms with E-state index in [0.29, 0.717) is 0 Å². The molecule has 0 aliphatic carbocycles. The maximum absolute atomic E-state index is 10.5. The molecule has 14 heavy (non-hydrogen) atoms. The highest BCUT2D eigenvalue weighted by Crippen LogP contribution is 2.20. The van der Waals surface area contributed by atoms with Gasteiger partial charge in [-0.05, 0) is 30.0 Å². The highest BCUT2D eigenvalue weighted by Gasteiger charge is 2.04. The van der Waals surface area contributed by atoms with Gasteiger partial charge in [0.05, 0.1) is 0 Å². The normalized spacial score (nSPS) is 12.5. The molecule has 0 aromatic heterocycles. The van der Waals surface area contributed by atoms with Crippen LogP contribution >= 0.6 is 15.9 Å². The van der Waals surface area contributed by atoms with Crippen LogP contribution < -0.4 is 0 Å². The van der Waals surface area contributed by atoms with Crippen molar-refractivity contribution in [1.29, 1.82) is 0 Å². The third kappa shape index (κ3) is 2.95. The minimum absolute atomic E-state index is 0.112. The third-order valence-electron chi connectivity index (χ3n) is 2.28. The zero-order chi connectivity index (χ0) is 10.6. The Morgan fingerprint density at radius 1 is 1.50 bits per heavy atom. The Labute approximate surface area is 93.7 Å². The number of hydrogen-bond donors (Lipinski definition) is 0. The van der Waals surface area contributed by atoms with E-state index in [1.807, 2.05) is 6.92 Å². The van der Waals surface area contributed by atoms with Gasteiger partial charge in [-0.15, -0.1) is 0 Å². The fourth-order valence-electron chi connectivity index (χ4n) is 1.45. The molecular formula is C12H15BrO. The first-order chi connectivity index (χ1) is 6.67. The molecule has 0 amide bonds. The molecule has 0 fully saturated rings. The van der Waals surface area contributed by atoms with Crippen molar-refractivity contribution in [2.75, 3.05) is 0 Å². The summed E-state index contributed by atoms with van der Waals surface area (Å²) in [4.78, 5) is 10.5. The number of carbonyl (C=O) groups excluding carboxylic acids is 1. The smallest absolute Gasteiger partial charge is 0.123 e. The lowest BCUT2D eigenvalue weighted by molar-refractivity contribution is -0.110. The zero-order valence-corrected chi connectivity index (χ0v) is 10.2. The molecule has 0 saturated heterocycles. The Morgan fingerprint density at radius 2 is 2.21 bits per heavy atom. The summed E-state index contributed by atoms with van der Waals surface area (Å²) in [5.41, 5.74) is 2.55. The van der Waals surface area contributed by atoms with Gasteiger partial charge in [-0.1, -0.05) is 41.9 Å². The molecule has 0 spiro atoms. The maximum atomic E-state index is 10.5. The first kappa shape index (κ1) is 11.4. The van der Waals surface area contributed by atoms with Gasteiger partial charge in [0.2, 0.25) is 0 Å². The Hall–Kier alpha value is -0.630. The summed E-state index contributed by atoms with van der Waals surface area (Å²) in [5.74, 6) is 0.112. The average molecular weight is 255 g/mol. The molecule has 0 heterocycles. The molecule has 0 N–H and O–H groups in total. The highest BCUT2D eigenvalue weighted by molar-refractivity contribution is 9.10. The molecule has 0 aliphatic rings. The second kappa shape index (κ2) is 5.30. The molecule has 1 atom stereocenters. The second-order valence-electron chi connectivity index (χ2n) is 3.60. The maximum Gasteiger partial charge on any atom is 0.123 e. The SMILES string of the molecule is CCc1cc(CC(C)C=O)ccc1Br. The van der Waals surface area contributed by atoms with Gasteiger partial charge in [0.25, 0.3) is 0 Å². The molecule has 0 radical (unpaired) electrons. The predicted molar refractivity (Wildman–Crippen MR) is 62.5 cm³/mol. The largest absolute Gasteiger partial charge is 0.303 e. The molecule has 1 aromatic carbocycles. The fourth-order valence-corrected chi connectivity index (χ4v) is 1.97. The molecule has 1 rings (SSSR count). The van der Waals surface area contributed by atoms with Crippen LogP contribution in [0.25, 0.3) is 0 Å². The number of aldehydes is 1. The van der Waals surface area contributed by atoms with Crippen LogP contribution in [0.3, 0.4) is 0 Å². The number of halogens is 1. The molecule has 1 nitrogen and oxygen atoms in total. The van der Waals surface area contributed by atoms with Gasteiger partial charge < -0.3 is 4.79 Å². The van der Waals surface area contributed by atoms with Crippen LogP contribution in [0.1, 0.15) is 25.0 Å². The van der Waals surface area contributed by atoms with Crippen LogP contribution in [0.2, 0.25) is 0 Å². The quantitative estimate of drug-likeness (QED) is 0.754. The average Bonchev–Trinajstić information content (AvgIpc) is 2.20. The zero-order valence-electron chi connectivity index (χ0n) is 8.59. The fraction of sp³-hybridized carbons (Fsp3) is 0.417. The Kier molecular flexibility index (Phi) is 4.33. The van der Waals surface area contributed by atoms with Crippen molar-refractivity contribution >= 4 is 22.2 Å². The summed E-state index contributed by atoms with van der Waals surface area (Å²) in [6.45, 7) is 4.08. The minimum Gasteiger partial charge on any atom is -0.303 e. The molecule has 2 heteroatoms. The van der Waals surface area contributed by atoms with E-state index in [1.165, 1.54) is 11.1 Å². The molecular weight excluding hydrogens is 240 g/mol. The van der Waals surface area contributed by atoms with Gasteiger partial charge in [-0.2, -0.15) is 0 Å². The summed E-state index contributed by atoms with van der Waals surface area (Å²) in [6, 6.07) is 6.30. The van der Waals surface area contributed by atoms with Crippen LogP contribution in [0.15, 0.2) is 22.7 Å². The van der Waals surface area contributed by atoms with Crippen molar-refractivity contribution in [2.45, 2.75) is 26.7 Å². The molecule has 1 aromatic rings. The minimum atomic E-state index is 0.112. The van der Waals surface area contributed by atoms with Crippen LogP contribution in [0, 0.1) is 5.92 Å². The molecule has 76 valence electrons. The van der Waals surface area contributed by atoms with E-state index in [1.54, 1.807) is 0 Å². The van der Waals surface area contributed by atoms with Crippen molar-refractivity contribution < 1.29 is 4.79 Å². The van der Waals surface area contributed by atoms with E-state index in [4.69, 9.17) is 0 Å². The molecule has 0 bridgehead atoms. The Morgan fingerprint density at radius 3 is 2.79 bits per heavy atom. The summed E-state index contributed by atoms with van der Waals surface area (Å²) in [6.07, 6.45) is 2.86. The van der Waals surface area contributed by atoms with E-state index in [-0.39, 0.29) is 5.92 Å². The molecule has 1 unspecified atom stereocenters. The third-order valence-corrected chi connectivity index (χ3v) is 3.05. The van der Waals surface area contributed by atoms with Gasteiger partial charge in [-0.25, -0.2) is 0 Å². The van der Waals surface area contributed by atoms with Crippen molar-refractivity contribution in [3.05, 3.63) is 33.8 Å². The topological polar surface area (TPSA) is 17.1 Å². The van der Waals surface area contributed by atoms with Gasteiger partial charge in [0.15, 0.2) is 0 Å². The Balaban J connectivity index is 2.84. The number of rotatable bonds is 4. The van der Waals surface area contributed by atoms with Crippen molar-refractivity contribution in [3.63, 3.8) is 0 Å². The van der Waals surface area contributed by atoms with E-state index in [0.717, 1.165) is 23.6 Å². The number of hydrogen-bond acceptors (Lipinski definition) is 1. The molecule has 0 aliphatic heterocycles. The lowest BCUT2D eigenvalue weighted by atomic mass is 10.00. The lowest BCUT2D eigenvalue weighted by Gasteiger charge is -2.07. The van der Waals surface area contributed by atoms with E-state index in [9.17, 15) is 4.79 Å². The Bertz CT molecular complexity index is 320. The number of aryl methyl sites for hydroxylation is 1. The van der Waals surface area contributed by atoms with Gasteiger partial charge >= 0.3 is 0 Å². The van der Waals surface area contributed by atoms with E-state index >= 15 is 0 Å². The van der Waals surface area contributed by atoms with Gasteiger partial charge in [-0.3, -0.25) is 0 Å². The summed E-state index contributed by atoms with van der Waals surface area (Å²) in [7, 11) is 0. The van der Waals surface area contributed by atoms with E-state index in [2.05, 4.69) is 41.1 Å². The van der Waals surface area contributed by atoms with Crippen LogP contribution in [-0.4, -0.2) is 6.29 Å². The van der Waals surface area contributed by atoms with Crippen molar-refractivity contribution in [1.82, 2.24) is 0 Å². The first-order valence-electron chi connectivity index (χ1n) is 4.90.